The molecule has 0 aliphatic heterocycles. The summed E-state index contributed by atoms with van der Waals surface area (Å²) in [4.78, 5) is 11.5. The van der Waals surface area contributed by atoms with E-state index >= 15 is 0 Å². The van der Waals surface area contributed by atoms with Crippen molar-refractivity contribution in [1.29, 1.82) is 0 Å². The fourth-order valence-corrected chi connectivity index (χ4v) is 1.51. The molecule has 0 radical (unpaired) electrons. The van der Waals surface area contributed by atoms with Gasteiger partial charge in [-0.1, -0.05) is 12.1 Å². The summed E-state index contributed by atoms with van der Waals surface area (Å²) in [6.45, 7) is 5.04. The van der Waals surface area contributed by atoms with Gasteiger partial charge in [0.15, 0.2) is 0 Å². The topological polar surface area (TPSA) is 64.3 Å². The largest absolute Gasteiger partial charge is 0.399 e. The second-order valence-corrected chi connectivity index (χ2v) is 4.51. The molecule has 1 aromatic rings. The highest BCUT2D eigenvalue weighted by Gasteiger charge is 2.02. The molecule has 0 aromatic heterocycles. The van der Waals surface area contributed by atoms with Crippen LogP contribution >= 0.6 is 12.4 Å². The quantitative estimate of drug-likeness (QED) is 0.755. The first-order chi connectivity index (χ1) is 8.58. The van der Waals surface area contributed by atoms with Crippen LogP contribution in [0.3, 0.4) is 0 Å². The smallest absolute Gasteiger partial charge is 0.222 e. The van der Waals surface area contributed by atoms with Crippen molar-refractivity contribution in [3.8, 4) is 0 Å². The Morgan fingerprint density at radius 3 is 2.53 bits per heavy atom. The highest BCUT2D eigenvalue weighted by molar-refractivity contribution is 5.85. The predicted octanol–water partition coefficient (Wildman–Crippen LogP) is 2.16. The Kier molecular flexibility index (Phi) is 9.00. The Balaban J connectivity index is 0.00000324. The van der Waals surface area contributed by atoms with Gasteiger partial charge in [-0.3, -0.25) is 4.79 Å². The molecule has 0 aliphatic carbocycles. The Bertz CT molecular complexity index is 366. The molecule has 0 heterocycles. The average molecular weight is 287 g/mol. The van der Waals surface area contributed by atoms with Gasteiger partial charge in [-0.15, -0.1) is 12.4 Å². The molecule has 0 atom stereocenters. The molecular weight excluding hydrogens is 264 g/mol. The number of hydrogen-bond acceptors (Lipinski definition) is 3. The lowest BCUT2D eigenvalue weighted by molar-refractivity contribution is -0.122. The van der Waals surface area contributed by atoms with E-state index in [-0.39, 0.29) is 24.4 Å². The van der Waals surface area contributed by atoms with Crippen molar-refractivity contribution >= 4 is 24.0 Å². The highest BCUT2D eigenvalue weighted by Crippen LogP contribution is 2.05. The monoisotopic (exact) mass is 286 g/mol. The van der Waals surface area contributed by atoms with E-state index in [4.69, 9.17) is 10.5 Å². The van der Waals surface area contributed by atoms with Crippen LogP contribution in [0, 0.1) is 0 Å². The van der Waals surface area contributed by atoms with E-state index in [0.717, 1.165) is 12.1 Å². The van der Waals surface area contributed by atoms with Crippen molar-refractivity contribution in [3.05, 3.63) is 29.8 Å². The molecule has 5 heteroatoms. The van der Waals surface area contributed by atoms with E-state index in [9.17, 15) is 4.79 Å². The van der Waals surface area contributed by atoms with E-state index in [2.05, 4.69) is 5.32 Å². The predicted molar refractivity (Wildman–Crippen MR) is 80.5 cm³/mol. The minimum Gasteiger partial charge on any atom is -0.399 e. The van der Waals surface area contributed by atoms with E-state index in [1.54, 1.807) is 0 Å². The molecule has 0 bridgehead atoms. The number of carbonyl (C=O) groups is 1. The lowest BCUT2D eigenvalue weighted by Gasteiger charge is -2.08. The van der Waals surface area contributed by atoms with Crippen LogP contribution in [0.25, 0.3) is 0 Å². The average Bonchev–Trinajstić information content (AvgIpc) is 2.31. The molecule has 0 spiro atoms. The Labute approximate surface area is 121 Å². The number of halogens is 1. The zero-order valence-corrected chi connectivity index (χ0v) is 12.3. The summed E-state index contributed by atoms with van der Waals surface area (Å²) in [6.07, 6.45) is 1.41. The lowest BCUT2D eigenvalue weighted by atomic mass is 10.1. The van der Waals surface area contributed by atoms with Crippen molar-refractivity contribution in [2.45, 2.75) is 32.8 Å². The number of hydrogen-bond donors (Lipinski definition) is 2. The zero-order valence-electron chi connectivity index (χ0n) is 11.5. The minimum atomic E-state index is 0. The molecule has 108 valence electrons. The Hall–Kier alpha value is -1.26. The van der Waals surface area contributed by atoms with Gasteiger partial charge in [0.2, 0.25) is 5.91 Å². The summed E-state index contributed by atoms with van der Waals surface area (Å²) in [5.74, 6) is 0.0334. The second kappa shape index (κ2) is 9.64. The molecular formula is C14H23ClN2O2. The minimum absolute atomic E-state index is 0. The number of ether oxygens (including phenoxy) is 1. The molecule has 3 N–H and O–H groups in total. The fourth-order valence-electron chi connectivity index (χ4n) is 1.51. The zero-order chi connectivity index (χ0) is 13.4. The maximum Gasteiger partial charge on any atom is 0.222 e. The standard InChI is InChI=1S/C14H22N2O2.ClH/c1-11(2)18-10-8-14(17)16-9-7-12-3-5-13(15)6-4-12;/h3-6,11H,7-10,15H2,1-2H3,(H,16,17);1H. The summed E-state index contributed by atoms with van der Waals surface area (Å²) < 4.78 is 5.32. The SMILES string of the molecule is CC(C)OCCC(=O)NCCc1ccc(N)cc1.Cl. The van der Waals surface area contributed by atoms with Crippen molar-refractivity contribution in [2.75, 3.05) is 18.9 Å². The van der Waals surface area contributed by atoms with E-state index in [1.807, 2.05) is 38.1 Å². The van der Waals surface area contributed by atoms with Gasteiger partial charge in [0.05, 0.1) is 12.7 Å². The van der Waals surface area contributed by atoms with Gasteiger partial charge < -0.3 is 15.8 Å². The van der Waals surface area contributed by atoms with Crippen molar-refractivity contribution in [3.63, 3.8) is 0 Å². The van der Waals surface area contributed by atoms with Gasteiger partial charge in [-0.2, -0.15) is 0 Å². The lowest BCUT2D eigenvalue weighted by Crippen LogP contribution is -2.27. The van der Waals surface area contributed by atoms with Gasteiger partial charge in [0.25, 0.3) is 0 Å². The van der Waals surface area contributed by atoms with E-state index in [0.29, 0.717) is 19.6 Å². The number of anilines is 1. The number of nitrogen functional groups attached to an aromatic ring is 1. The van der Waals surface area contributed by atoms with E-state index < -0.39 is 0 Å². The first-order valence-electron chi connectivity index (χ1n) is 6.30. The van der Waals surface area contributed by atoms with Crippen LogP contribution in [0.15, 0.2) is 24.3 Å². The van der Waals surface area contributed by atoms with Crippen LogP contribution in [0.4, 0.5) is 5.69 Å². The molecule has 0 unspecified atom stereocenters. The Morgan fingerprint density at radius 2 is 1.95 bits per heavy atom. The van der Waals surface area contributed by atoms with Gasteiger partial charge in [0, 0.05) is 18.7 Å². The van der Waals surface area contributed by atoms with E-state index in [1.165, 1.54) is 5.56 Å². The normalized spacial score (nSPS) is 10.1. The van der Waals surface area contributed by atoms with Crippen molar-refractivity contribution < 1.29 is 9.53 Å². The van der Waals surface area contributed by atoms with Crippen LogP contribution in [0.5, 0.6) is 0 Å². The third-order valence-electron chi connectivity index (χ3n) is 2.50. The van der Waals surface area contributed by atoms with Crippen LogP contribution in [-0.4, -0.2) is 25.2 Å². The summed E-state index contributed by atoms with van der Waals surface area (Å²) in [5, 5.41) is 2.87. The van der Waals surface area contributed by atoms with Crippen molar-refractivity contribution in [2.24, 2.45) is 0 Å². The first-order valence-corrected chi connectivity index (χ1v) is 6.30. The summed E-state index contributed by atoms with van der Waals surface area (Å²) in [7, 11) is 0. The van der Waals surface area contributed by atoms with Gasteiger partial charge in [0.1, 0.15) is 0 Å². The van der Waals surface area contributed by atoms with Gasteiger partial charge >= 0.3 is 0 Å². The van der Waals surface area contributed by atoms with Gasteiger partial charge in [-0.25, -0.2) is 0 Å². The molecule has 0 fully saturated rings. The van der Waals surface area contributed by atoms with Crippen LogP contribution < -0.4 is 11.1 Å². The highest BCUT2D eigenvalue weighted by atomic mass is 35.5. The number of carbonyl (C=O) groups excluding carboxylic acids is 1. The van der Waals surface area contributed by atoms with Gasteiger partial charge in [-0.05, 0) is 38.0 Å². The number of amides is 1. The van der Waals surface area contributed by atoms with Crippen molar-refractivity contribution in [1.82, 2.24) is 5.32 Å². The number of benzene rings is 1. The molecule has 1 rings (SSSR count). The number of rotatable bonds is 7. The second-order valence-electron chi connectivity index (χ2n) is 4.51. The molecule has 4 nitrogen and oxygen atoms in total. The summed E-state index contributed by atoms with van der Waals surface area (Å²) in [5.41, 5.74) is 7.53. The molecule has 0 aliphatic rings. The summed E-state index contributed by atoms with van der Waals surface area (Å²) in [6, 6.07) is 7.69. The first kappa shape index (κ1) is 17.7. The Morgan fingerprint density at radius 1 is 1.32 bits per heavy atom. The molecule has 19 heavy (non-hydrogen) atoms. The summed E-state index contributed by atoms with van der Waals surface area (Å²) >= 11 is 0. The number of nitrogens with one attached hydrogen (secondary N) is 1. The third-order valence-corrected chi connectivity index (χ3v) is 2.50. The molecule has 0 saturated heterocycles. The van der Waals surface area contributed by atoms with Crippen LogP contribution in [-0.2, 0) is 16.0 Å². The van der Waals surface area contributed by atoms with Crippen LogP contribution in [0.2, 0.25) is 0 Å². The molecule has 1 aromatic carbocycles. The van der Waals surface area contributed by atoms with Crippen LogP contribution in [0.1, 0.15) is 25.8 Å². The maximum absolute atomic E-state index is 11.5. The molecule has 1 amide bonds. The third kappa shape index (κ3) is 8.46. The number of nitrogens with two attached hydrogens (primary N) is 1. The molecule has 0 saturated carbocycles. The fraction of sp³-hybridized carbons (Fsp3) is 0.500. The maximum atomic E-state index is 11.5.